The summed E-state index contributed by atoms with van der Waals surface area (Å²) in [5.74, 6) is 1.33. The number of nitrogens with one attached hydrogen (secondary N) is 1. The molecular formula is C26H39N3O2. The van der Waals surface area contributed by atoms with Crippen molar-refractivity contribution < 1.29 is 9.53 Å². The zero-order valence-electron chi connectivity index (χ0n) is 19.2. The van der Waals surface area contributed by atoms with Crippen molar-refractivity contribution in [3.05, 3.63) is 41.7 Å². The highest BCUT2D eigenvalue weighted by molar-refractivity contribution is 5.91. The van der Waals surface area contributed by atoms with Crippen LogP contribution in [0.5, 0.6) is 0 Å². The number of piperazine rings is 1. The lowest BCUT2D eigenvalue weighted by molar-refractivity contribution is -0.122. The predicted octanol–water partition coefficient (Wildman–Crippen LogP) is 4.13. The zero-order chi connectivity index (χ0) is 21.5. The van der Waals surface area contributed by atoms with Gasteiger partial charge in [0.05, 0.1) is 6.61 Å². The van der Waals surface area contributed by atoms with E-state index in [1.54, 1.807) is 0 Å². The molecule has 1 amide bonds. The molecule has 1 saturated carbocycles. The first kappa shape index (κ1) is 22.2. The molecule has 0 radical (unpaired) electrons. The van der Waals surface area contributed by atoms with Gasteiger partial charge in [-0.1, -0.05) is 19.1 Å². The summed E-state index contributed by atoms with van der Waals surface area (Å²) >= 11 is 0. The van der Waals surface area contributed by atoms with Gasteiger partial charge in [-0.2, -0.15) is 0 Å². The molecule has 1 aromatic carbocycles. The molecule has 0 atom stereocenters. The molecule has 1 aromatic rings. The molecule has 5 nitrogen and oxygen atoms in total. The molecular weight excluding hydrogens is 386 g/mol. The van der Waals surface area contributed by atoms with E-state index in [0.717, 1.165) is 64.2 Å². The minimum absolute atomic E-state index is 0.00880. The van der Waals surface area contributed by atoms with Crippen LogP contribution in [0.25, 0.3) is 0 Å². The van der Waals surface area contributed by atoms with E-state index in [1.165, 1.54) is 37.1 Å². The van der Waals surface area contributed by atoms with Crippen molar-refractivity contribution in [3.63, 3.8) is 0 Å². The van der Waals surface area contributed by atoms with E-state index >= 15 is 0 Å². The highest BCUT2D eigenvalue weighted by Crippen LogP contribution is 2.28. The third-order valence-electron chi connectivity index (χ3n) is 7.25. The van der Waals surface area contributed by atoms with Crippen molar-refractivity contribution in [2.75, 3.05) is 44.2 Å². The second-order valence-corrected chi connectivity index (χ2v) is 9.39. The van der Waals surface area contributed by atoms with Gasteiger partial charge < -0.3 is 15.0 Å². The quantitative estimate of drug-likeness (QED) is 0.713. The second-order valence-electron chi connectivity index (χ2n) is 9.39. The van der Waals surface area contributed by atoms with Crippen molar-refractivity contribution in [1.29, 1.82) is 0 Å². The maximum atomic E-state index is 12.3. The molecule has 2 heterocycles. The van der Waals surface area contributed by atoms with Gasteiger partial charge in [-0.25, -0.2) is 0 Å². The summed E-state index contributed by atoms with van der Waals surface area (Å²) in [6.07, 6.45) is 11.0. The van der Waals surface area contributed by atoms with E-state index in [1.807, 2.05) is 6.08 Å². The Labute approximate surface area is 187 Å². The summed E-state index contributed by atoms with van der Waals surface area (Å²) in [5, 5.41) is 3.19. The number of nitrogens with zero attached hydrogens (tertiary/aromatic N) is 2. The number of amides is 1. The normalized spacial score (nSPS) is 24.9. The molecule has 5 heteroatoms. The van der Waals surface area contributed by atoms with Crippen molar-refractivity contribution in [3.8, 4) is 0 Å². The largest absolute Gasteiger partial charge is 0.488 e. The molecule has 3 aliphatic rings. The van der Waals surface area contributed by atoms with Crippen LogP contribution in [0.4, 0.5) is 5.69 Å². The van der Waals surface area contributed by atoms with E-state index in [4.69, 9.17) is 4.74 Å². The highest BCUT2D eigenvalue weighted by Gasteiger charge is 2.25. The Bertz CT molecular complexity index is 747. The van der Waals surface area contributed by atoms with Crippen LogP contribution in [0.1, 0.15) is 57.4 Å². The number of hydrogen-bond donors (Lipinski definition) is 1. The van der Waals surface area contributed by atoms with Gasteiger partial charge >= 0.3 is 0 Å². The van der Waals surface area contributed by atoms with E-state index in [9.17, 15) is 4.79 Å². The first-order valence-corrected chi connectivity index (χ1v) is 12.4. The number of carbonyl (C=O) groups excluding carboxylic acids is 1. The molecule has 31 heavy (non-hydrogen) atoms. The molecule has 2 aliphatic heterocycles. The Hall–Kier alpha value is -2.01. The van der Waals surface area contributed by atoms with Gasteiger partial charge in [0.2, 0.25) is 0 Å². The Morgan fingerprint density at radius 3 is 2.65 bits per heavy atom. The fraction of sp³-hybridized carbons (Fsp3) is 0.654. The number of ether oxygens (including phenoxy) is 1. The Kier molecular flexibility index (Phi) is 7.90. The third-order valence-corrected chi connectivity index (χ3v) is 7.25. The van der Waals surface area contributed by atoms with Gasteiger partial charge in [0.25, 0.3) is 5.91 Å². The first-order valence-electron chi connectivity index (χ1n) is 12.4. The van der Waals surface area contributed by atoms with Crippen molar-refractivity contribution in [2.45, 2.75) is 64.3 Å². The summed E-state index contributed by atoms with van der Waals surface area (Å²) in [4.78, 5) is 17.5. The van der Waals surface area contributed by atoms with Crippen LogP contribution in [0, 0.1) is 5.92 Å². The van der Waals surface area contributed by atoms with Crippen molar-refractivity contribution in [1.82, 2.24) is 10.2 Å². The molecule has 1 N–H and O–H groups in total. The number of carbonyl (C=O) groups is 1. The Balaban J connectivity index is 1.13. The van der Waals surface area contributed by atoms with E-state index in [2.05, 4.69) is 46.3 Å². The summed E-state index contributed by atoms with van der Waals surface area (Å²) in [6.45, 7) is 8.69. The first-order chi connectivity index (χ1) is 15.2. The van der Waals surface area contributed by atoms with Gasteiger partial charge in [0, 0.05) is 37.9 Å². The minimum atomic E-state index is -0.00880. The molecule has 4 rings (SSSR count). The summed E-state index contributed by atoms with van der Waals surface area (Å²) in [7, 11) is 0. The molecule has 170 valence electrons. The van der Waals surface area contributed by atoms with Gasteiger partial charge in [-0.3, -0.25) is 9.69 Å². The lowest BCUT2D eigenvalue weighted by Gasteiger charge is -2.37. The fourth-order valence-electron chi connectivity index (χ4n) is 5.14. The van der Waals surface area contributed by atoms with Gasteiger partial charge in [-0.05, 0) is 87.6 Å². The van der Waals surface area contributed by atoms with Crippen LogP contribution in [0.2, 0.25) is 0 Å². The van der Waals surface area contributed by atoms with Crippen LogP contribution in [0.3, 0.4) is 0 Å². The second kappa shape index (κ2) is 11.0. The van der Waals surface area contributed by atoms with Crippen LogP contribution < -0.4 is 10.2 Å². The van der Waals surface area contributed by atoms with E-state index in [0.29, 0.717) is 18.4 Å². The SMILES string of the molecule is CCc1cccc(N2CCN(CC[C@H]3CC[C@H](NC(=O)C4=CCCCO4)CC3)CC2)c1. The number of anilines is 1. The van der Waals surface area contributed by atoms with Gasteiger partial charge in [-0.15, -0.1) is 0 Å². The zero-order valence-corrected chi connectivity index (χ0v) is 19.2. The lowest BCUT2D eigenvalue weighted by atomic mass is 9.84. The third kappa shape index (κ3) is 6.25. The predicted molar refractivity (Wildman–Crippen MR) is 126 cm³/mol. The average molecular weight is 426 g/mol. The van der Waals surface area contributed by atoms with Crippen LogP contribution in [-0.2, 0) is 16.0 Å². The monoisotopic (exact) mass is 425 g/mol. The number of benzene rings is 1. The standard InChI is InChI=1S/C26H39N3O2/c1-2-21-6-5-7-24(20-21)29-17-15-28(16-18-29)14-13-22-9-11-23(12-10-22)27-26(30)25-8-3-4-19-31-25/h5-8,20,22-23H,2-4,9-19H2,1H3,(H,27,30)/t22-,23-. The number of hydrogen-bond acceptors (Lipinski definition) is 4. The number of allylic oxidation sites excluding steroid dienone is 1. The summed E-state index contributed by atoms with van der Waals surface area (Å²) in [5.41, 5.74) is 2.81. The van der Waals surface area contributed by atoms with Crippen LogP contribution in [-0.4, -0.2) is 56.2 Å². The Morgan fingerprint density at radius 1 is 1.13 bits per heavy atom. The average Bonchev–Trinajstić information content (AvgIpc) is 2.84. The molecule has 1 saturated heterocycles. The summed E-state index contributed by atoms with van der Waals surface area (Å²) < 4.78 is 5.50. The molecule has 2 fully saturated rings. The van der Waals surface area contributed by atoms with Crippen molar-refractivity contribution in [2.24, 2.45) is 5.92 Å². The lowest BCUT2D eigenvalue weighted by Crippen LogP contribution is -2.47. The summed E-state index contributed by atoms with van der Waals surface area (Å²) in [6, 6.07) is 9.34. The smallest absolute Gasteiger partial charge is 0.286 e. The molecule has 0 unspecified atom stereocenters. The minimum Gasteiger partial charge on any atom is -0.488 e. The maximum Gasteiger partial charge on any atom is 0.286 e. The van der Waals surface area contributed by atoms with Gasteiger partial charge in [0.15, 0.2) is 5.76 Å². The fourth-order valence-corrected chi connectivity index (χ4v) is 5.14. The van der Waals surface area contributed by atoms with E-state index in [-0.39, 0.29) is 5.91 Å². The van der Waals surface area contributed by atoms with Crippen LogP contribution >= 0.6 is 0 Å². The van der Waals surface area contributed by atoms with Gasteiger partial charge in [0.1, 0.15) is 0 Å². The molecule has 0 bridgehead atoms. The molecule has 1 aliphatic carbocycles. The van der Waals surface area contributed by atoms with E-state index < -0.39 is 0 Å². The topological polar surface area (TPSA) is 44.8 Å². The maximum absolute atomic E-state index is 12.3. The van der Waals surface area contributed by atoms with Crippen LogP contribution in [0.15, 0.2) is 36.1 Å². The molecule has 0 aromatic heterocycles. The number of aryl methyl sites for hydroxylation is 1. The van der Waals surface area contributed by atoms with Crippen molar-refractivity contribution >= 4 is 11.6 Å². The molecule has 0 spiro atoms. The Morgan fingerprint density at radius 2 is 1.94 bits per heavy atom. The highest BCUT2D eigenvalue weighted by atomic mass is 16.5. The number of rotatable bonds is 7.